The standard InChI is InChI=1S/C17H13BrF2N2O2/c18-10-4-5-15(14(20)8-10)22-7-6-13(17(22)24)16(23)21-12-3-1-2-11(19)9-12/h1-5,8-9,13H,6-7H2,(H,21,23)/t13-/m1/s1. The van der Waals surface area contributed by atoms with Gasteiger partial charge in [-0.2, -0.15) is 0 Å². The Kier molecular flexibility index (Phi) is 4.62. The molecule has 4 nitrogen and oxygen atoms in total. The molecule has 1 heterocycles. The number of hydrogen-bond acceptors (Lipinski definition) is 2. The van der Waals surface area contributed by atoms with Gasteiger partial charge in [0.05, 0.1) is 5.69 Å². The predicted octanol–water partition coefficient (Wildman–Crippen LogP) is 3.72. The highest BCUT2D eigenvalue weighted by Gasteiger charge is 2.38. The van der Waals surface area contributed by atoms with Crippen LogP contribution in [-0.2, 0) is 9.59 Å². The molecule has 0 aliphatic carbocycles. The molecule has 1 N–H and O–H groups in total. The molecule has 0 radical (unpaired) electrons. The number of rotatable bonds is 3. The number of benzene rings is 2. The average Bonchev–Trinajstić information content (AvgIpc) is 2.89. The predicted molar refractivity (Wildman–Crippen MR) is 89.6 cm³/mol. The van der Waals surface area contributed by atoms with E-state index in [1.165, 1.54) is 41.3 Å². The van der Waals surface area contributed by atoms with Crippen molar-refractivity contribution in [1.82, 2.24) is 0 Å². The van der Waals surface area contributed by atoms with Gasteiger partial charge < -0.3 is 10.2 Å². The fourth-order valence-electron chi connectivity index (χ4n) is 2.66. The van der Waals surface area contributed by atoms with Crippen molar-refractivity contribution in [3.8, 4) is 0 Å². The molecule has 0 unspecified atom stereocenters. The molecule has 2 amide bonds. The number of nitrogens with one attached hydrogen (secondary N) is 1. The number of anilines is 2. The van der Waals surface area contributed by atoms with E-state index in [0.717, 1.165) is 0 Å². The van der Waals surface area contributed by atoms with Crippen molar-refractivity contribution in [3.63, 3.8) is 0 Å². The smallest absolute Gasteiger partial charge is 0.239 e. The summed E-state index contributed by atoms with van der Waals surface area (Å²) in [6.45, 7) is 0.249. The first kappa shape index (κ1) is 16.6. The van der Waals surface area contributed by atoms with E-state index in [9.17, 15) is 18.4 Å². The van der Waals surface area contributed by atoms with Gasteiger partial charge in [-0.05, 0) is 42.8 Å². The van der Waals surface area contributed by atoms with Crippen LogP contribution >= 0.6 is 15.9 Å². The minimum Gasteiger partial charge on any atom is -0.325 e. The summed E-state index contributed by atoms with van der Waals surface area (Å²) in [5.74, 6) is -2.93. The second-order valence-electron chi connectivity index (χ2n) is 5.43. The molecule has 0 aromatic heterocycles. The SMILES string of the molecule is O=C(Nc1cccc(F)c1)[C@H]1CCN(c2ccc(Br)cc2F)C1=O. The van der Waals surface area contributed by atoms with Crippen molar-refractivity contribution >= 4 is 39.1 Å². The third-order valence-corrected chi connectivity index (χ3v) is 4.31. The second kappa shape index (κ2) is 6.68. The Morgan fingerprint density at radius 3 is 2.71 bits per heavy atom. The van der Waals surface area contributed by atoms with Gasteiger partial charge >= 0.3 is 0 Å². The summed E-state index contributed by atoms with van der Waals surface area (Å²) in [4.78, 5) is 26.0. The van der Waals surface area contributed by atoms with E-state index in [1.807, 2.05) is 0 Å². The van der Waals surface area contributed by atoms with Crippen molar-refractivity contribution in [2.75, 3.05) is 16.8 Å². The van der Waals surface area contributed by atoms with Crippen LogP contribution in [0.25, 0.3) is 0 Å². The quantitative estimate of drug-likeness (QED) is 0.806. The molecular formula is C17H13BrF2N2O2. The maximum atomic E-state index is 14.0. The lowest BCUT2D eigenvalue weighted by atomic mass is 10.1. The van der Waals surface area contributed by atoms with E-state index in [-0.39, 0.29) is 24.3 Å². The van der Waals surface area contributed by atoms with Gasteiger partial charge in [-0.25, -0.2) is 8.78 Å². The third-order valence-electron chi connectivity index (χ3n) is 3.81. The molecule has 124 valence electrons. The lowest BCUT2D eigenvalue weighted by molar-refractivity contribution is -0.129. The van der Waals surface area contributed by atoms with E-state index < -0.39 is 29.4 Å². The van der Waals surface area contributed by atoms with Crippen molar-refractivity contribution in [3.05, 3.63) is 58.6 Å². The van der Waals surface area contributed by atoms with Crippen molar-refractivity contribution in [2.45, 2.75) is 6.42 Å². The number of hydrogen-bond donors (Lipinski definition) is 1. The zero-order chi connectivity index (χ0) is 17.3. The first-order valence-electron chi connectivity index (χ1n) is 7.28. The van der Waals surface area contributed by atoms with E-state index in [2.05, 4.69) is 21.2 Å². The molecular weight excluding hydrogens is 382 g/mol. The molecule has 3 rings (SSSR count). The third kappa shape index (κ3) is 3.31. The Bertz CT molecular complexity index is 813. The van der Waals surface area contributed by atoms with Gasteiger partial charge in [0.1, 0.15) is 17.6 Å². The Morgan fingerprint density at radius 2 is 2.00 bits per heavy atom. The molecule has 0 spiro atoms. The number of halogens is 3. The van der Waals surface area contributed by atoms with E-state index >= 15 is 0 Å². The van der Waals surface area contributed by atoms with Crippen molar-refractivity contribution in [1.29, 1.82) is 0 Å². The molecule has 1 aliphatic heterocycles. The molecule has 1 fully saturated rings. The highest BCUT2D eigenvalue weighted by atomic mass is 79.9. The average molecular weight is 395 g/mol. The van der Waals surface area contributed by atoms with Crippen LogP contribution in [0, 0.1) is 17.6 Å². The summed E-state index contributed by atoms with van der Waals surface area (Å²) in [7, 11) is 0. The van der Waals surface area contributed by atoms with Crippen LogP contribution in [0.2, 0.25) is 0 Å². The molecule has 1 aliphatic rings. The zero-order valence-electron chi connectivity index (χ0n) is 12.4. The van der Waals surface area contributed by atoms with E-state index in [4.69, 9.17) is 0 Å². The molecule has 0 bridgehead atoms. The van der Waals surface area contributed by atoms with Gasteiger partial charge in [0.15, 0.2) is 0 Å². The fourth-order valence-corrected chi connectivity index (χ4v) is 2.99. The van der Waals surface area contributed by atoms with Gasteiger partial charge in [-0.1, -0.05) is 22.0 Å². The monoisotopic (exact) mass is 394 g/mol. The molecule has 2 aromatic rings. The summed E-state index contributed by atoms with van der Waals surface area (Å²) in [5.41, 5.74) is 0.422. The minimum atomic E-state index is -0.920. The zero-order valence-corrected chi connectivity index (χ0v) is 14.0. The van der Waals surface area contributed by atoms with Crippen LogP contribution in [-0.4, -0.2) is 18.4 Å². The van der Waals surface area contributed by atoms with Gasteiger partial charge in [-0.15, -0.1) is 0 Å². The highest BCUT2D eigenvalue weighted by Crippen LogP contribution is 2.30. The Morgan fingerprint density at radius 1 is 1.21 bits per heavy atom. The van der Waals surface area contributed by atoms with Crippen LogP contribution in [0.15, 0.2) is 46.9 Å². The maximum absolute atomic E-state index is 14.0. The lowest BCUT2D eigenvalue weighted by Gasteiger charge is -2.17. The lowest BCUT2D eigenvalue weighted by Crippen LogP contribution is -2.33. The summed E-state index contributed by atoms with van der Waals surface area (Å²) < 4.78 is 27.8. The van der Waals surface area contributed by atoms with E-state index in [0.29, 0.717) is 4.47 Å². The normalized spacial score (nSPS) is 17.2. The molecule has 24 heavy (non-hydrogen) atoms. The highest BCUT2D eigenvalue weighted by molar-refractivity contribution is 9.10. The molecule has 1 atom stereocenters. The van der Waals surface area contributed by atoms with Crippen LogP contribution in [0.1, 0.15) is 6.42 Å². The number of nitrogens with zero attached hydrogens (tertiary/aromatic N) is 1. The Balaban J connectivity index is 1.75. The molecule has 7 heteroatoms. The molecule has 2 aromatic carbocycles. The summed E-state index contributed by atoms with van der Waals surface area (Å²) in [6.07, 6.45) is 0.273. The molecule has 1 saturated heterocycles. The van der Waals surface area contributed by atoms with Crippen LogP contribution in [0.4, 0.5) is 20.2 Å². The van der Waals surface area contributed by atoms with Crippen LogP contribution in [0.5, 0.6) is 0 Å². The topological polar surface area (TPSA) is 49.4 Å². The molecule has 0 saturated carbocycles. The fraction of sp³-hybridized carbons (Fsp3) is 0.176. The minimum absolute atomic E-state index is 0.143. The number of carbonyl (C=O) groups excluding carboxylic acids is 2. The summed E-state index contributed by atoms with van der Waals surface area (Å²) in [5, 5.41) is 2.52. The Hall–Kier alpha value is -2.28. The maximum Gasteiger partial charge on any atom is 0.239 e. The largest absolute Gasteiger partial charge is 0.325 e. The number of carbonyl (C=O) groups is 2. The summed E-state index contributed by atoms with van der Waals surface area (Å²) >= 11 is 3.16. The van der Waals surface area contributed by atoms with Crippen LogP contribution in [0.3, 0.4) is 0 Å². The van der Waals surface area contributed by atoms with Crippen LogP contribution < -0.4 is 10.2 Å². The Labute approximate surface area is 145 Å². The van der Waals surface area contributed by atoms with Crippen molar-refractivity contribution in [2.24, 2.45) is 5.92 Å². The first-order valence-corrected chi connectivity index (χ1v) is 8.08. The second-order valence-corrected chi connectivity index (χ2v) is 6.34. The van der Waals surface area contributed by atoms with E-state index in [1.54, 1.807) is 6.07 Å². The number of amides is 2. The van der Waals surface area contributed by atoms with Gasteiger partial charge in [0.25, 0.3) is 0 Å². The van der Waals surface area contributed by atoms with Gasteiger partial charge in [0, 0.05) is 16.7 Å². The van der Waals surface area contributed by atoms with Gasteiger partial charge in [0.2, 0.25) is 11.8 Å². The van der Waals surface area contributed by atoms with Gasteiger partial charge in [-0.3, -0.25) is 9.59 Å². The first-order chi connectivity index (χ1) is 11.5. The summed E-state index contributed by atoms with van der Waals surface area (Å²) in [6, 6.07) is 9.81. The van der Waals surface area contributed by atoms with Crippen molar-refractivity contribution < 1.29 is 18.4 Å².